The van der Waals surface area contributed by atoms with Crippen LogP contribution in [-0.2, 0) is 4.74 Å². The van der Waals surface area contributed by atoms with E-state index in [4.69, 9.17) is 4.74 Å². The van der Waals surface area contributed by atoms with Crippen LogP contribution in [0, 0.1) is 0 Å². The van der Waals surface area contributed by atoms with E-state index in [-0.39, 0.29) is 0 Å². The Morgan fingerprint density at radius 1 is 1.27 bits per heavy atom. The first kappa shape index (κ1) is 11.3. The molecule has 2 aliphatic heterocycles. The molecule has 0 aromatic carbocycles. The fourth-order valence-electron chi connectivity index (χ4n) is 2.45. The zero-order valence-corrected chi connectivity index (χ0v) is 9.61. The molecule has 0 saturated carbocycles. The molecule has 2 aliphatic rings. The molecule has 1 N–H and O–H groups in total. The molecule has 2 saturated heterocycles. The molecular weight excluding hydrogens is 192 g/mol. The molecular formula is C11H22N2O2. The van der Waals surface area contributed by atoms with Crippen molar-refractivity contribution in [3.05, 3.63) is 0 Å². The predicted octanol–water partition coefficient (Wildman–Crippen LogP) is -0.225. The Bertz CT molecular complexity index is 207. The number of rotatable bonds is 3. The molecule has 4 heteroatoms. The van der Waals surface area contributed by atoms with Crippen LogP contribution in [0.25, 0.3) is 0 Å². The van der Waals surface area contributed by atoms with Gasteiger partial charge in [-0.3, -0.25) is 4.90 Å². The summed E-state index contributed by atoms with van der Waals surface area (Å²) in [6, 6.07) is 0. The average Bonchev–Trinajstić information content (AvgIpc) is 2.58. The molecule has 0 amide bonds. The topological polar surface area (TPSA) is 35.9 Å². The minimum atomic E-state index is -0.437. The first-order chi connectivity index (χ1) is 7.18. The van der Waals surface area contributed by atoms with E-state index >= 15 is 0 Å². The van der Waals surface area contributed by atoms with Crippen molar-refractivity contribution in [2.24, 2.45) is 0 Å². The fraction of sp³-hybridized carbons (Fsp3) is 1.00. The molecule has 0 spiro atoms. The van der Waals surface area contributed by atoms with Gasteiger partial charge in [0.05, 0.1) is 18.8 Å². The number of nitrogens with zero attached hydrogens (tertiary/aromatic N) is 2. The maximum Gasteiger partial charge on any atom is 0.0798 e. The van der Waals surface area contributed by atoms with Crippen LogP contribution in [0.2, 0.25) is 0 Å². The second kappa shape index (κ2) is 4.78. The molecule has 2 fully saturated rings. The molecule has 2 heterocycles. The van der Waals surface area contributed by atoms with Crippen LogP contribution >= 0.6 is 0 Å². The van der Waals surface area contributed by atoms with Crippen LogP contribution in [-0.4, -0.2) is 73.5 Å². The molecule has 0 aromatic heterocycles. The van der Waals surface area contributed by atoms with Crippen LogP contribution in [0.4, 0.5) is 0 Å². The van der Waals surface area contributed by atoms with Gasteiger partial charge in [-0.15, -0.1) is 0 Å². The van der Waals surface area contributed by atoms with Crippen molar-refractivity contribution in [1.29, 1.82) is 0 Å². The van der Waals surface area contributed by atoms with Gasteiger partial charge >= 0.3 is 0 Å². The van der Waals surface area contributed by atoms with Crippen molar-refractivity contribution in [2.45, 2.75) is 18.4 Å². The number of likely N-dealkylation sites (N-methyl/N-ethyl adjacent to an activating group) is 1. The maximum absolute atomic E-state index is 10.3. The first-order valence-corrected chi connectivity index (χ1v) is 5.89. The van der Waals surface area contributed by atoms with E-state index in [0.717, 1.165) is 58.8 Å². The molecule has 2 rings (SSSR count). The van der Waals surface area contributed by atoms with Crippen LogP contribution < -0.4 is 0 Å². The highest BCUT2D eigenvalue weighted by molar-refractivity contribution is 4.89. The summed E-state index contributed by atoms with van der Waals surface area (Å²) >= 11 is 0. The van der Waals surface area contributed by atoms with Crippen molar-refractivity contribution in [1.82, 2.24) is 9.80 Å². The first-order valence-electron chi connectivity index (χ1n) is 5.89. The van der Waals surface area contributed by atoms with Gasteiger partial charge in [0.1, 0.15) is 0 Å². The van der Waals surface area contributed by atoms with Gasteiger partial charge in [0.15, 0.2) is 0 Å². The highest BCUT2D eigenvalue weighted by Crippen LogP contribution is 2.23. The molecule has 0 aliphatic carbocycles. The second-order valence-corrected chi connectivity index (χ2v) is 4.92. The Morgan fingerprint density at radius 2 is 2.00 bits per heavy atom. The molecule has 1 unspecified atom stereocenters. The van der Waals surface area contributed by atoms with Gasteiger partial charge in [-0.05, 0) is 19.9 Å². The van der Waals surface area contributed by atoms with Crippen LogP contribution in [0.3, 0.4) is 0 Å². The van der Waals surface area contributed by atoms with E-state index in [1.807, 2.05) is 0 Å². The smallest absolute Gasteiger partial charge is 0.0798 e. The minimum Gasteiger partial charge on any atom is -0.388 e. The van der Waals surface area contributed by atoms with E-state index in [2.05, 4.69) is 16.8 Å². The summed E-state index contributed by atoms with van der Waals surface area (Å²) in [4.78, 5) is 4.60. The van der Waals surface area contributed by atoms with Gasteiger partial charge in [-0.2, -0.15) is 0 Å². The summed E-state index contributed by atoms with van der Waals surface area (Å²) in [5.74, 6) is 0. The summed E-state index contributed by atoms with van der Waals surface area (Å²) in [5.41, 5.74) is -0.437. The lowest BCUT2D eigenvalue weighted by Crippen LogP contribution is -2.41. The molecule has 1 atom stereocenters. The lowest BCUT2D eigenvalue weighted by molar-refractivity contribution is 0.00456. The molecule has 0 radical (unpaired) electrons. The van der Waals surface area contributed by atoms with Crippen molar-refractivity contribution in [3.63, 3.8) is 0 Å². The third-order valence-corrected chi connectivity index (χ3v) is 3.52. The Kier molecular flexibility index (Phi) is 3.61. The number of hydrogen-bond donors (Lipinski definition) is 1. The third-order valence-electron chi connectivity index (χ3n) is 3.52. The second-order valence-electron chi connectivity index (χ2n) is 4.92. The number of ether oxygens (including phenoxy) is 1. The zero-order valence-electron chi connectivity index (χ0n) is 9.61. The lowest BCUT2D eigenvalue weighted by atomic mass is 9.98. The molecule has 88 valence electrons. The Hall–Kier alpha value is -0.160. The van der Waals surface area contributed by atoms with Crippen LogP contribution in [0.5, 0.6) is 0 Å². The Morgan fingerprint density at radius 3 is 2.60 bits per heavy atom. The van der Waals surface area contributed by atoms with Gasteiger partial charge in [-0.25, -0.2) is 0 Å². The Labute approximate surface area is 91.8 Å². The highest BCUT2D eigenvalue weighted by atomic mass is 16.5. The minimum absolute atomic E-state index is 0.437. The Balaban J connectivity index is 1.72. The summed E-state index contributed by atoms with van der Waals surface area (Å²) in [5, 5.41) is 10.3. The summed E-state index contributed by atoms with van der Waals surface area (Å²) in [6.07, 6.45) is 1.82. The number of aliphatic hydroxyl groups is 1. The van der Waals surface area contributed by atoms with E-state index in [1.54, 1.807) is 0 Å². The predicted molar refractivity (Wildman–Crippen MR) is 58.9 cm³/mol. The average molecular weight is 214 g/mol. The van der Waals surface area contributed by atoms with Gasteiger partial charge in [-0.1, -0.05) is 0 Å². The number of morpholine rings is 1. The monoisotopic (exact) mass is 214 g/mol. The van der Waals surface area contributed by atoms with Gasteiger partial charge in [0, 0.05) is 32.7 Å². The van der Waals surface area contributed by atoms with Gasteiger partial charge in [0.2, 0.25) is 0 Å². The van der Waals surface area contributed by atoms with E-state index in [1.165, 1.54) is 0 Å². The highest BCUT2D eigenvalue weighted by Gasteiger charge is 2.34. The number of β-amino-alcohol motifs (C(OH)–C–C–N with tert-alkyl or cyclic N) is 1. The van der Waals surface area contributed by atoms with Crippen LogP contribution in [0.15, 0.2) is 0 Å². The van der Waals surface area contributed by atoms with Crippen molar-refractivity contribution < 1.29 is 9.84 Å². The summed E-state index contributed by atoms with van der Waals surface area (Å²) in [7, 11) is 2.08. The number of hydrogen-bond acceptors (Lipinski definition) is 4. The molecule has 0 aromatic rings. The van der Waals surface area contributed by atoms with E-state index < -0.39 is 5.60 Å². The summed E-state index contributed by atoms with van der Waals surface area (Å²) < 4.78 is 5.30. The normalized spacial score (nSPS) is 34.8. The standard InChI is InChI=1S/C11H22N2O2/c1-12-4-2-11(14,10-12)3-5-13-6-8-15-9-7-13/h14H,2-10H2,1H3. The van der Waals surface area contributed by atoms with E-state index in [9.17, 15) is 5.11 Å². The van der Waals surface area contributed by atoms with Crippen molar-refractivity contribution in [2.75, 3.05) is 53.0 Å². The summed E-state index contributed by atoms with van der Waals surface area (Å²) in [6.45, 7) is 6.60. The number of likely N-dealkylation sites (tertiary alicyclic amines) is 1. The molecule has 0 bridgehead atoms. The van der Waals surface area contributed by atoms with E-state index in [0.29, 0.717) is 0 Å². The zero-order chi connectivity index (χ0) is 10.7. The van der Waals surface area contributed by atoms with Gasteiger partial charge in [0.25, 0.3) is 0 Å². The maximum atomic E-state index is 10.3. The molecule has 15 heavy (non-hydrogen) atoms. The van der Waals surface area contributed by atoms with Gasteiger partial charge < -0.3 is 14.7 Å². The third kappa shape index (κ3) is 3.14. The fourth-order valence-corrected chi connectivity index (χ4v) is 2.45. The SMILES string of the molecule is CN1CCC(O)(CCN2CCOCC2)C1. The van der Waals surface area contributed by atoms with Crippen molar-refractivity contribution >= 4 is 0 Å². The lowest BCUT2D eigenvalue weighted by Gasteiger charge is -2.30. The largest absolute Gasteiger partial charge is 0.388 e. The molecule has 4 nitrogen and oxygen atoms in total. The van der Waals surface area contributed by atoms with Crippen molar-refractivity contribution in [3.8, 4) is 0 Å². The quantitative estimate of drug-likeness (QED) is 0.704. The van der Waals surface area contributed by atoms with Crippen LogP contribution in [0.1, 0.15) is 12.8 Å².